The van der Waals surface area contributed by atoms with Crippen molar-refractivity contribution >= 4 is 46.5 Å². The normalized spacial score (nSPS) is 10.2. The first-order valence-electron chi connectivity index (χ1n) is 8.87. The van der Waals surface area contributed by atoms with Gasteiger partial charge in [-0.2, -0.15) is 0 Å². The lowest BCUT2D eigenvalue weighted by atomic mass is 10.1. The maximum atomic E-state index is 11.9. The number of halogens is 1. The van der Waals surface area contributed by atoms with Crippen LogP contribution in [-0.4, -0.2) is 30.2 Å². The lowest BCUT2D eigenvalue weighted by Crippen LogP contribution is -2.21. The highest BCUT2D eigenvalue weighted by molar-refractivity contribution is 6.31. The smallest absolute Gasteiger partial charge is 0.306 e. The fourth-order valence-corrected chi connectivity index (χ4v) is 2.49. The minimum absolute atomic E-state index is 0.0693. The number of rotatable bonds is 8. The second-order valence-corrected chi connectivity index (χ2v) is 6.76. The van der Waals surface area contributed by atoms with Crippen LogP contribution < -0.4 is 10.6 Å². The summed E-state index contributed by atoms with van der Waals surface area (Å²) in [6.07, 6.45) is -0.260. The van der Waals surface area contributed by atoms with Crippen molar-refractivity contribution in [1.29, 1.82) is 0 Å². The van der Waals surface area contributed by atoms with Crippen molar-refractivity contribution < 1.29 is 23.9 Å². The molecule has 0 radical (unpaired) electrons. The average molecular weight is 417 g/mol. The molecule has 0 aliphatic carbocycles. The van der Waals surface area contributed by atoms with Crippen molar-refractivity contribution in [1.82, 2.24) is 0 Å². The van der Waals surface area contributed by atoms with E-state index in [0.29, 0.717) is 22.0 Å². The molecule has 0 atom stereocenters. The third-order valence-corrected chi connectivity index (χ3v) is 4.36. The fraction of sp³-hybridized carbons (Fsp3) is 0.238. The van der Waals surface area contributed by atoms with Gasteiger partial charge < -0.3 is 15.4 Å². The van der Waals surface area contributed by atoms with Crippen molar-refractivity contribution in [3.05, 3.63) is 58.6 Å². The summed E-state index contributed by atoms with van der Waals surface area (Å²) in [6.45, 7) is 2.83. The van der Waals surface area contributed by atoms with Crippen LogP contribution in [0.5, 0.6) is 0 Å². The molecule has 8 heteroatoms. The molecule has 0 heterocycles. The maximum absolute atomic E-state index is 11.9. The highest BCUT2D eigenvalue weighted by Crippen LogP contribution is 2.19. The van der Waals surface area contributed by atoms with Gasteiger partial charge in [0, 0.05) is 28.4 Å². The number of nitrogens with one attached hydrogen (secondary N) is 2. The van der Waals surface area contributed by atoms with E-state index in [1.807, 2.05) is 6.92 Å². The summed E-state index contributed by atoms with van der Waals surface area (Å²) in [7, 11) is 0. The number of amides is 2. The zero-order valence-electron chi connectivity index (χ0n) is 16.1. The average Bonchev–Trinajstić information content (AvgIpc) is 2.68. The predicted molar refractivity (Wildman–Crippen MR) is 110 cm³/mol. The van der Waals surface area contributed by atoms with Gasteiger partial charge in [-0.25, -0.2) is 0 Å². The Labute approximate surface area is 173 Å². The highest BCUT2D eigenvalue weighted by atomic mass is 35.5. The topological polar surface area (TPSA) is 102 Å². The summed E-state index contributed by atoms with van der Waals surface area (Å²) < 4.78 is 4.87. The van der Waals surface area contributed by atoms with Crippen molar-refractivity contribution in [3.63, 3.8) is 0 Å². The molecule has 2 aromatic carbocycles. The minimum atomic E-state index is -0.663. The number of Topliss-reactive ketones (excluding diaryl/α,β-unsaturated/α-hetero) is 1. The monoisotopic (exact) mass is 416 g/mol. The molecular weight excluding hydrogens is 396 g/mol. The molecule has 0 spiro atoms. The van der Waals surface area contributed by atoms with E-state index < -0.39 is 18.5 Å². The molecule has 2 N–H and O–H groups in total. The number of carbonyl (C=O) groups excluding carboxylic acids is 4. The van der Waals surface area contributed by atoms with E-state index in [1.165, 1.54) is 6.92 Å². The molecule has 0 saturated heterocycles. The van der Waals surface area contributed by atoms with Crippen LogP contribution in [-0.2, 0) is 19.1 Å². The maximum Gasteiger partial charge on any atom is 0.306 e. The summed E-state index contributed by atoms with van der Waals surface area (Å²) >= 11 is 5.99. The molecule has 0 bridgehead atoms. The lowest BCUT2D eigenvalue weighted by molar-refractivity contribution is -0.147. The zero-order valence-corrected chi connectivity index (χ0v) is 16.8. The van der Waals surface area contributed by atoms with Crippen molar-refractivity contribution in [2.45, 2.75) is 26.7 Å². The first-order valence-corrected chi connectivity index (χ1v) is 9.25. The molecule has 0 saturated carbocycles. The molecule has 2 aromatic rings. The number of aryl methyl sites for hydroxylation is 1. The number of anilines is 2. The number of benzene rings is 2. The van der Waals surface area contributed by atoms with Crippen LogP contribution in [0.4, 0.5) is 11.4 Å². The van der Waals surface area contributed by atoms with Crippen LogP contribution in [0.1, 0.15) is 35.7 Å². The van der Waals surface area contributed by atoms with Crippen LogP contribution in [0, 0.1) is 6.92 Å². The van der Waals surface area contributed by atoms with Crippen LogP contribution in [0.15, 0.2) is 42.5 Å². The van der Waals surface area contributed by atoms with Crippen molar-refractivity contribution in [2.75, 3.05) is 17.2 Å². The molecule has 0 aromatic heterocycles. The largest absolute Gasteiger partial charge is 0.456 e. The number of ketones is 1. The summed E-state index contributed by atoms with van der Waals surface area (Å²) in [5.41, 5.74) is 2.43. The summed E-state index contributed by atoms with van der Waals surface area (Å²) in [5, 5.41) is 5.71. The molecule has 7 nitrogen and oxygen atoms in total. The first-order chi connectivity index (χ1) is 13.7. The van der Waals surface area contributed by atoms with Gasteiger partial charge >= 0.3 is 5.97 Å². The van der Waals surface area contributed by atoms with Crippen LogP contribution in [0.25, 0.3) is 0 Å². The van der Waals surface area contributed by atoms with Gasteiger partial charge in [0.05, 0.1) is 6.42 Å². The summed E-state index contributed by atoms with van der Waals surface area (Å²) in [4.78, 5) is 46.7. The number of hydrogen-bond donors (Lipinski definition) is 2. The first kappa shape index (κ1) is 22.1. The Kier molecular flexibility index (Phi) is 7.91. The predicted octanol–water partition coefficient (Wildman–Crippen LogP) is 3.75. The second kappa shape index (κ2) is 10.4. The Morgan fingerprint density at radius 3 is 2.14 bits per heavy atom. The van der Waals surface area contributed by atoms with Crippen LogP contribution in [0.3, 0.4) is 0 Å². The van der Waals surface area contributed by atoms with E-state index in [9.17, 15) is 19.2 Å². The Bertz CT molecular complexity index is 925. The molecule has 152 valence electrons. The minimum Gasteiger partial charge on any atom is -0.456 e. The van der Waals surface area contributed by atoms with E-state index in [4.69, 9.17) is 16.3 Å². The molecule has 2 rings (SSSR count). The van der Waals surface area contributed by atoms with E-state index in [2.05, 4.69) is 10.6 Å². The summed E-state index contributed by atoms with van der Waals surface area (Å²) in [5.74, 6) is -1.62. The van der Waals surface area contributed by atoms with Gasteiger partial charge in [-0.1, -0.05) is 17.7 Å². The Hall–Kier alpha value is -3.19. The van der Waals surface area contributed by atoms with Crippen LogP contribution in [0.2, 0.25) is 5.02 Å². The van der Waals surface area contributed by atoms with Gasteiger partial charge in [-0.15, -0.1) is 0 Å². The Balaban J connectivity index is 1.70. The Morgan fingerprint density at radius 2 is 1.52 bits per heavy atom. The Morgan fingerprint density at radius 1 is 0.897 bits per heavy atom. The van der Waals surface area contributed by atoms with Crippen molar-refractivity contribution in [3.8, 4) is 0 Å². The van der Waals surface area contributed by atoms with E-state index in [-0.39, 0.29) is 24.5 Å². The third kappa shape index (κ3) is 7.38. The van der Waals surface area contributed by atoms with Gasteiger partial charge in [0.1, 0.15) is 0 Å². The molecule has 0 fully saturated rings. The van der Waals surface area contributed by atoms with Gasteiger partial charge in [-0.3, -0.25) is 19.2 Å². The molecule has 0 aliphatic heterocycles. The molecule has 0 aliphatic rings. The van der Waals surface area contributed by atoms with Gasteiger partial charge in [0.2, 0.25) is 5.91 Å². The number of carbonyl (C=O) groups is 4. The second-order valence-electron chi connectivity index (χ2n) is 6.35. The van der Waals surface area contributed by atoms with E-state index in [1.54, 1.807) is 42.5 Å². The van der Waals surface area contributed by atoms with E-state index >= 15 is 0 Å². The van der Waals surface area contributed by atoms with Crippen molar-refractivity contribution in [2.24, 2.45) is 0 Å². The lowest BCUT2D eigenvalue weighted by Gasteiger charge is -2.08. The van der Waals surface area contributed by atoms with Crippen LogP contribution >= 0.6 is 11.6 Å². The van der Waals surface area contributed by atoms with Gasteiger partial charge in [0.25, 0.3) is 5.91 Å². The van der Waals surface area contributed by atoms with E-state index in [0.717, 1.165) is 5.56 Å². The zero-order chi connectivity index (χ0) is 21.4. The number of esters is 1. The standard InChI is InChI=1S/C21H21ClN2O5/c1-13-3-6-17(11-18(13)22)24-20(27)12-29-21(28)10-9-19(26)23-16-7-4-15(5-8-16)14(2)25/h3-8,11H,9-10,12H2,1-2H3,(H,23,26)(H,24,27). The SMILES string of the molecule is CC(=O)c1ccc(NC(=O)CCC(=O)OCC(=O)Nc2ccc(C)c(Cl)c2)cc1. The fourth-order valence-electron chi connectivity index (χ4n) is 2.31. The molecular formula is C21H21ClN2O5. The molecule has 29 heavy (non-hydrogen) atoms. The summed E-state index contributed by atoms with van der Waals surface area (Å²) in [6, 6.07) is 11.5. The number of hydrogen-bond acceptors (Lipinski definition) is 5. The highest BCUT2D eigenvalue weighted by Gasteiger charge is 2.11. The number of ether oxygens (including phenoxy) is 1. The molecule has 0 unspecified atom stereocenters. The molecule has 2 amide bonds. The van der Waals surface area contributed by atoms with Gasteiger partial charge in [-0.05, 0) is 55.8 Å². The van der Waals surface area contributed by atoms with Gasteiger partial charge in [0.15, 0.2) is 12.4 Å². The quantitative estimate of drug-likeness (QED) is 0.504. The third-order valence-electron chi connectivity index (χ3n) is 3.95.